The largest absolute Gasteiger partial charge is 0.619 e. The molecule has 1 aromatic heterocycles. The minimum Gasteiger partial charge on any atom is -0.619 e. The predicted molar refractivity (Wildman–Crippen MR) is 95.4 cm³/mol. The Balaban J connectivity index is 1.81. The van der Waals surface area contributed by atoms with Crippen molar-refractivity contribution in [1.29, 1.82) is 0 Å². The van der Waals surface area contributed by atoms with Crippen LogP contribution in [-0.2, 0) is 6.42 Å². The van der Waals surface area contributed by atoms with Gasteiger partial charge in [0, 0.05) is 12.0 Å². The summed E-state index contributed by atoms with van der Waals surface area (Å²) in [5.74, 6) is 0.463. The van der Waals surface area contributed by atoms with Crippen molar-refractivity contribution in [3.8, 4) is 11.5 Å². The van der Waals surface area contributed by atoms with Crippen molar-refractivity contribution in [2.24, 2.45) is 5.92 Å². The number of aliphatic hydroxyl groups excluding tert-OH is 1. The van der Waals surface area contributed by atoms with Crippen LogP contribution in [0.2, 0.25) is 10.0 Å². The lowest BCUT2D eigenvalue weighted by molar-refractivity contribution is -0.605. The average molecular weight is 420 g/mol. The van der Waals surface area contributed by atoms with E-state index in [0.29, 0.717) is 28.4 Å². The highest BCUT2D eigenvalue weighted by Gasteiger charge is 2.24. The molecule has 1 heterocycles. The Morgan fingerprint density at radius 3 is 2.44 bits per heavy atom. The molecule has 0 unspecified atom stereocenters. The molecule has 1 saturated carbocycles. The minimum atomic E-state index is -2.98. The molecule has 0 radical (unpaired) electrons. The zero-order valence-electron chi connectivity index (χ0n) is 14.1. The number of hydrogen-bond donors (Lipinski definition) is 1. The highest BCUT2D eigenvalue weighted by atomic mass is 35.5. The Bertz CT molecular complexity index is 795. The molecule has 1 atom stereocenters. The number of alkyl halides is 2. The summed E-state index contributed by atoms with van der Waals surface area (Å²) in [5.41, 5.74) is 0.833. The summed E-state index contributed by atoms with van der Waals surface area (Å²) < 4.78 is 35.7. The van der Waals surface area contributed by atoms with Gasteiger partial charge in [-0.1, -0.05) is 29.3 Å². The summed E-state index contributed by atoms with van der Waals surface area (Å²) in [6.07, 6.45) is 3.36. The zero-order valence-corrected chi connectivity index (χ0v) is 15.6. The van der Waals surface area contributed by atoms with E-state index in [2.05, 4.69) is 4.74 Å². The van der Waals surface area contributed by atoms with E-state index >= 15 is 0 Å². The molecule has 0 amide bonds. The molecule has 1 aromatic carbocycles. The number of hydrogen-bond acceptors (Lipinski definition) is 4. The summed E-state index contributed by atoms with van der Waals surface area (Å²) in [7, 11) is 0. The molecule has 146 valence electrons. The molecule has 1 fully saturated rings. The molecule has 5 nitrogen and oxygen atoms in total. The van der Waals surface area contributed by atoms with Crippen LogP contribution in [0.15, 0.2) is 30.6 Å². The van der Waals surface area contributed by atoms with Gasteiger partial charge in [0.1, 0.15) is 10.0 Å². The van der Waals surface area contributed by atoms with Crippen LogP contribution in [0.25, 0.3) is 0 Å². The van der Waals surface area contributed by atoms with Crippen LogP contribution in [-0.4, -0.2) is 18.3 Å². The fraction of sp³-hybridized carbons (Fsp3) is 0.389. The van der Waals surface area contributed by atoms with Crippen molar-refractivity contribution in [3.05, 3.63) is 57.0 Å². The second-order valence-electron chi connectivity index (χ2n) is 6.35. The van der Waals surface area contributed by atoms with E-state index in [1.165, 1.54) is 18.2 Å². The average Bonchev–Trinajstić information content (AvgIpc) is 3.40. The number of aliphatic hydroxyl groups is 1. The normalized spacial score (nSPS) is 15.0. The number of benzene rings is 1. The Labute approximate surface area is 164 Å². The summed E-state index contributed by atoms with van der Waals surface area (Å²) in [6.45, 7) is -2.58. The molecular weight excluding hydrogens is 403 g/mol. The number of pyridine rings is 1. The number of rotatable bonds is 8. The molecule has 1 N–H and O–H groups in total. The Kier molecular flexibility index (Phi) is 6.24. The second-order valence-corrected chi connectivity index (χ2v) is 7.17. The molecule has 9 heteroatoms. The van der Waals surface area contributed by atoms with E-state index < -0.39 is 12.7 Å². The molecule has 1 aliphatic rings. The van der Waals surface area contributed by atoms with Gasteiger partial charge in [-0.3, -0.25) is 0 Å². The van der Waals surface area contributed by atoms with Crippen molar-refractivity contribution in [3.63, 3.8) is 0 Å². The van der Waals surface area contributed by atoms with Crippen molar-refractivity contribution < 1.29 is 28.1 Å². The van der Waals surface area contributed by atoms with E-state index in [1.54, 1.807) is 0 Å². The maximum absolute atomic E-state index is 12.6. The van der Waals surface area contributed by atoms with Crippen LogP contribution < -0.4 is 14.2 Å². The van der Waals surface area contributed by atoms with Crippen LogP contribution in [0.4, 0.5) is 8.78 Å². The first-order valence-corrected chi connectivity index (χ1v) is 9.05. The maximum atomic E-state index is 12.6. The van der Waals surface area contributed by atoms with E-state index in [-0.39, 0.29) is 28.0 Å². The van der Waals surface area contributed by atoms with Crippen molar-refractivity contribution in [2.45, 2.75) is 32.0 Å². The molecule has 1 aliphatic carbocycles. The number of ether oxygens (including phenoxy) is 2. The van der Waals surface area contributed by atoms with Crippen LogP contribution in [0.5, 0.6) is 11.5 Å². The molecule has 0 spiro atoms. The molecule has 2 aromatic rings. The summed E-state index contributed by atoms with van der Waals surface area (Å²) in [6, 6.07) is 4.25. The number of nitrogens with zero attached hydrogens (tertiary/aromatic N) is 1. The predicted octanol–water partition coefficient (Wildman–Crippen LogP) is 4.29. The van der Waals surface area contributed by atoms with Gasteiger partial charge >= 0.3 is 6.61 Å². The van der Waals surface area contributed by atoms with E-state index in [4.69, 9.17) is 27.9 Å². The van der Waals surface area contributed by atoms with E-state index in [1.807, 2.05) is 0 Å². The van der Waals surface area contributed by atoms with Gasteiger partial charge in [0.2, 0.25) is 0 Å². The van der Waals surface area contributed by atoms with Gasteiger partial charge < -0.3 is 19.8 Å². The van der Waals surface area contributed by atoms with Gasteiger partial charge in [-0.2, -0.15) is 13.5 Å². The lowest BCUT2D eigenvalue weighted by atomic mass is 10.0. The summed E-state index contributed by atoms with van der Waals surface area (Å²) in [5, 5.41) is 22.1. The highest BCUT2D eigenvalue weighted by molar-refractivity contribution is 6.35. The second kappa shape index (κ2) is 8.46. The van der Waals surface area contributed by atoms with Crippen LogP contribution in [0.1, 0.15) is 30.1 Å². The summed E-state index contributed by atoms with van der Waals surface area (Å²) >= 11 is 12.1. The SMILES string of the molecule is [O-][n+]1cc(Cl)c(C[C@@H](O)c2ccc(OC(F)F)c(OCC3CC3)c2)c(Cl)c1. The Morgan fingerprint density at radius 2 is 1.85 bits per heavy atom. The highest BCUT2D eigenvalue weighted by Crippen LogP contribution is 2.36. The third-order valence-electron chi connectivity index (χ3n) is 4.20. The quantitative estimate of drug-likeness (QED) is 0.511. The topological polar surface area (TPSA) is 65.6 Å². The third kappa shape index (κ3) is 5.34. The van der Waals surface area contributed by atoms with Crippen LogP contribution in [0.3, 0.4) is 0 Å². The van der Waals surface area contributed by atoms with Crippen LogP contribution in [0, 0.1) is 11.1 Å². The lowest BCUT2D eigenvalue weighted by Crippen LogP contribution is -2.25. The molecule has 0 saturated heterocycles. The third-order valence-corrected chi connectivity index (χ3v) is 4.85. The first kappa shape index (κ1) is 19.9. The van der Waals surface area contributed by atoms with Gasteiger partial charge in [-0.25, -0.2) is 0 Å². The molecular formula is C18H17Cl2F2NO4. The molecule has 27 heavy (non-hydrogen) atoms. The van der Waals surface area contributed by atoms with Crippen molar-refractivity contribution in [1.82, 2.24) is 0 Å². The standard InChI is InChI=1S/C18H17Cl2F2NO4/c19-13-7-23(25)8-14(20)12(13)6-15(24)11-3-4-16(27-18(21)22)17(5-11)26-9-10-1-2-10/h3-5,7-8,10,15,18,24H,1-2,6,9H2/t15-/m1/s1. The van der Waals surface area contributed by atoms with E-state index in [9.17, 15) is 19.1 Å². The smallest absolute Gasteiger partial charge is 0.387 e. The van der Waals surface area contributed by atoms with Gasteiger partial charge in [-0.15, -0.1) is 0 Å². The van der Waals surface area contributed by atoms with Crippen molar-refractivity contribution >= 4 is 23.2 Å². The summed E-state index contributed by atoms with van der Waals surface area (Å²) in [4.78, 5) is 0. The van der Waals surface area contributed by atoms with E-state index in [0.717, 1.165) is 25.2 Å². The maximum Gasteiger partial charge on any atom is 0.387 e. The number of aromatic nitrogens is 1. The fourth-order valence-electron chi connectivity index (χ4n) is 2.57. The van der Waals surface area contributed by atoms with Crippen LogP contribution >= 0.6 is 23.2 Å². The zero-order chi connectivity index (χ0) is 19.6. The molecule has 0 aliphatic heterocycles. The van der Waals surface area contributed by atoms with Crippen molar-refractivity contribution in [2.75, 3.05) is 6.61 Å². The molecule has 3 rings (SSSR count). The lowest BCUT2D eigenvalue weighted by Gasteiger charge is -2.17. The fourth-order valence-corrected chi connectivity index (χ4v) is 3.17. The Morgan fingerprint density at radius 1 is 1.19 bits per heavy atom. The van der Waals surface area contributed by atoms with Gasteiger partial charge in [0.05, 0.1) is 12.7 Å². The van der Waals surface area contributed by atoms with Gasteiger partial charge in [0.25, 0.3) is 0 Å². The van der Waals surface area contributed by atoms with Gasteiger partial charge in [-0.05, 0) is 36.5 Å². The first-order chi connectivity index (χ1) is 12.8. The first-order valence-electron chi connectivity index (χ1n) is 8.29. The van der Waals surface area contributed by atoms with Gasteiger partial charge in [0.15, 0.2) is 23.9 Å². The monoisotopic (exact) mass is 419 g/mol. The Hall–Kier alpha value is -1.83. The number of halogens is 4. The minimum absolute atomic E-state index is 0.0373. The molecule has 0 bridgehead atoms.